The molecule has 1 amide bonds. The number of rotatable bonds is 6. The van der Waals surface area contributed by atoms with E-state index in [1.165, 1.54) is 0 Å². The van der Waals surface area contributed by atoms with Crippen LogP contribution in [0.15, 0.2) is 42.5 Å². The first kappa shape index (κ1) is 17.6. The lowest BCUT2D eigenvalue weighted by molar-refractivity contribution is -0.394. The summed E-state index contributed by atoms with van der Waals surface area (Å²) in [6, 6.07) is 9.96. The van der Waals surface area contributed by atoms with Gasteiger partial charge >= 0.3 is 5.69 Å². The number of amides is 1. The van der Waals surface area contributed by atoms with Crippen LogP contribution in [0.5, 0.6) is 5.75 Å². The molecule has 2 rings (SSSR count). The fourth-order valence-electron chi connectivity index (χ4n) is 1.76. The topological polar surface area (TPSA) is 125 Å². The van der Waals surface area contributed by atoms with E-state index in [9.17, 15) is 25.0 Å². The fourth-order valence-corrected chi connectivity index (χ4v) is 2.12. The molecule has 9 nitrogen and oxygen atoms in total. The Hall–Kier alpha value is -2.76. The Labute approximate surface area is 149 Å². The van der Waals surface area contributed by atoms with E-state index in [2.05, 4.69) is 27.9 Å². The van der Waals surface area contributed by atoms with Crippen molar-refractivity contribution < 1.29 is 19.4 Å². The van der Waals surface area contributed by atoms with Crippen LogP contribution in [0.4, 0.5) is 17.1 Å². The van der Waals surface area contributed by atoms with Crippen LogP contribution in [0.25, 0.3) is 0 Å². The van der Waals surface area contributed by atoms with E-state index in [0.29, 0.717) is 5.69 Å². The van der Waals surface area contributed by atoms with Crippen LogP contribution in [-0.2, 0) is 4.79 Å². The third-order valence-corrected chi connectivity index (χ3v) is 3.56. The predicted molar refractivity (Wildman–Crippen MR) is 93.0 cm³/mol. The highest BCUT2D eigenvalue weighted by atomic mass is 127. The fraction of sp³-hybridized carbons (Fsp3) is 0.0714. The van der Waals surface area contributed by atoms with E-state index in [0.717, 1.165) is 21.8 Å². The molecule has 0 heterocycles. The Kier molecular flexibility index (Phi) is 5.63. The number of benzene rings is 2. The van der Waals surface area contributed by atoms with Crippen LogP contribution in [0.2, 0.25) is 0 Å². The van der Waals surface area contributed by atoms with E-state index in [-0.39, 0.29) is 5.75 Å². The molecular formula is C14H10IN3O6. The van der Waals surface area contributed by atoms with Crippen molar-refractivity contribution in [3.05, 3.63) is 66.3 Å². The van der Waals surface area contributed by atoms with Crippen LogP contribution in [0.3, 0.4) is 0 Å². The lowest BCUT2D eigenvalue weighted by Gasteiger charge is -2.08. The van der Waals surface area contributed by atoms with Gasteiger partial charge in [-0.15, -0.1) is 0 Å². The van der Waals surface area contributed by atoms with E-state index in [1.807, 2.05) is 0 Å². The van der Waals surface area contributed by atoms with Crippen molar-refractivity contribution in [2.45, 2.75) is 0 Å². The molecule has 0 aliphatic carbocycles. The summed E-state index contributed by atoms with van der Waals surface area (Å²) >= 11 is 2.12. The number of halogens is 1. The van der Waals surface area contributed by atoms with Gasteiger partial charge in [0.15, 0.2) is 12.4 Å². The Morgan fingerprint density at radius 1 is 1.08 bits per heavy atom. The van der Waals surface area contributed by atoms with Crippen molar-refractivity contribution in [1.29, 1.82) is 0 Å². The van der Waals surface area contributed by atoms with Crippen LogP contribution in [0.1, 0.15) is 0 Å². The molecule has 0 aromatic heterocycles. The summed E-state index contributed by atoms with van der Waals surface area (Å²) in [5.41, 5.74) is -0.453. The molecule has 0 saturated carbocycles. The Morgan fingerprint density at radius 3 is 2.33 bits per heavy atom. The van der Waals surface area contributed by atoms with Gasteiger partial charge in [-0.2, -0.15) is 0 Å². The van der Waals surface area contributed by atoms with E-state index < -0.39 is 33.7 Å². The maximum absolute atomic E-state index is 11.8. The van der Waals surface area contributed by atoms with Crippen molar-refractivity contribution in [1.82, 2.24) is 0 Å². The van der Waals surface area contributed by atoms with Gasteiger partial charge in [0.05, 0.1) is 15.9 Å². The van der Waals surface area contributed by atoms with Gasteiger partial charge in [0, 0.05) is 15.3 Å². The number of nitro groups is 2. The molecule has 10 heteroatoms. The smallest absolute Gasteiger partial charge is 0.317 e. The molecule has 0 fully saturated rings. The second kappa shape index (κ2) is 7.68. The first-order valence-electron chi connectivity index (χ1n) is 6.48. The quantitative estimate of drug-likeness (QED) is 0.416. The molecule has 0 unspecified atom stereocenters. The number of nitro benzene ring substituents is 2. The van der Waals surface area contributed by atoms with Crippen molar-refractivity contribution in [2.75, 3.05) is 11.9 Å². The summed E-state index contributed by atoms with van der Waals surface area (Å²) in [7, 11) is 0. The Bertz CT molecular complexity index is 794. The van der Waals surface area contributed by atoms with Gasteiger partial charge in [-0.25, -0.2) is 0 Å². The monoisotopic (exact) mass is 443 g/mol. The van der Waals surface area contributed by atoms with E-state index in [4.69, 9.17) is 4.74 Å². The van der Waals surface area contributed by atoms with Crippen LogP contribution in [0, 0.1) is 23.8 Å². The Balaban J connectivity index is 2.05. The second-order valence-corrected chi connectivity index (χ2v) is 5.76. The highest BCUT2D eigenvalue weighted by Crippen LogP contribution is 2.30. The van der Waals surface area contributed by atoms with Gasteiger partial charge in [-0.3, -0.25) is 25.0 Å². The van der Waals surface area contributed by atoms with Crippen LogP contribution in [-0.4, -0.2) is 22.4 Å². The summed E-state index contributed by atoms with van der Waals surface area (Å²) in [5, 5.41) is 24.2. The third kappa shape index (κ3) is 4.62. The lowest BCUT2D eigenvalue weighted by atomic mass is 10.2. The van der Waals surface area contributed by atoms with Gasteiger partial charge in [0.2, 0.25) is 0 Å². The molecule has 0 saturated heterocycles. The van der Waals surface area contributed by atoms with Crippen LogP contribution < -0.4 is 10.1 Å². The normalized spacial score (nSPS) is 10.0. The maximum atomic E-state index is 11.8. The summed E-state index contributed by atoms with van der Waals surface area (Å²) in [5.74, 6) is -0.729. The maximum Gasteiger partial charge on any atom is 0.317 e. The molecule has 0 spiro atoms. The highest BCUT2D eigenvalue weighted by Gasteiger charge is 2.21. The minimum Gasteiger partial charge on any atom is -0.477 e. The van der Waals surface area contributed by atoms with Gasteiger partial charge in [0.1, 0.15) is 0 Å². The van der Waals surface area contributed by atoms with Gasteiger partial charge in [0.25, 0.3) is 11.6 Å². The van der Waals surface area contributed by atoms with Crippen LogP contribution >= 0.6 is 22.6 Å². The molecule has 0 radical (unpaired) electrons. The number of ether oxygens (including phenoxy) is 1. The SMILES string of the molecule is O=C(COc1ccc([N+](=O)[O-])cc1[N+](=O)[O-])Nc1ccc(I)cc1. The molecule has 24 heavy (non-hydrogen) atoms. The summed E-state index contributed by atoms with van der Waals surface area (Å²) < 4.78 is 6.12. The molecule has 1 N–H and O–H groups in total. The van der Waals surface area contributed by atoms with Gasteiger partial charge < -0.3 is 10.1 Å². The number of carbonyl (C=O) groups is 1. The molecule has 2 aromatic carbocycles. The summed E-state index contributed by atoms with van der Waals surface area (Å²) in [6.07, 6.45) is 0. The minimum atomic E-state index is -0.806. The van der Waals surface area contributed by atoms with E-state index in [1.54, 1.807) is 24.3 Å². The number of non-ortho nitro benzene ring substituents is 1. The van der Waals surface area contributed by atoms with Gasteiger partial charge in [-0.1, -0.05) is 0 Å². The van der Waals surface area contributed by atoms with Crippen molar-refractivity contribution in [3.63, 3.8) is 0 Å². The van der Waals surface area contributed by atoms with Crippen molar-refractivity contribution in [2.24, 2.45) is 0 Å². The molecule has 0 atom stereocenters. The average Bonchev–Trinajstić information content (AvgIpc) is 2.54. The molecular weight excluding hydrogens is 433 g/mol. The zero-order valence-electron chi connectivity index (χ0n) is 12.0. The second-order valence-electron chi connectivity index (χ2n) is 4.51. The standard InChI is InChI=1S/C14H10IN3O6/c15-9-1-3-10(4-2-9)16-14(19)8-24-13-6-5-11(17(20)21)7-12(13)18(22)23/h1-7H,8H2,(H,16,19). The number of hydrogen-bond donors (Lipinski definition) is 1. The summed E-state index contributed by atoms with van der Waals surface area (Å²) in [4.78, 5) is 31.9. The number of carbonyl (C=O) groups excluding carboxylic acids is 1. The third-order valence-electron chi connectivity index (χ3n) is 2.84. The Morgan fingerprint density at radius 2 is 1.75 bits per heavy atom. The largest absolute Gasteiger partial charge is 0.477 e. The lowest BCUT2D eigenvalue weighted by Crippen LogP contribution is -2.20. The van der Waals surface area contributed by atoms with Gasteiger partial charge in [-0.05, 0) is 52.9 Å². The predicted octanol–water partition coefficient (Wildman–Crippen LogP) is 3.13. The van der Waals surface area contributed by atoms with Crippen molar-refractivity contribution >= 4 is 45.6 Å². The molecule has 0 aliphatic rings. The first-order valence-corrected chi connectivity index (χ1v) is 7.56. The van der Waals surface area contributed by atoms with E-state index >= 15 is 0 Å². The minimum absolute atomic E-state index is 0.219. The number of nitrogens with one attached hydrogen (secondary N) is 1. The van der Waals surface area contributed by atoms with Crippen molar-refractivity contribution in [3.8, 4) is 5.75 Å². The molecule has 124 valence electrons. The zero-order valence-corrected chi connectivity index (χ0v) is 14.1. The molecule has 0 bridgehead atoms. The number of nitrogens with zero attached hydrogens (tertiary/aromatic N) is 2. The summed E-state index contributed by atoms with van der Waals surface area (Å²) in [6.45, 7) is -0.468. The number of hydrogen-bond acceptors (Lipinski definition) is 6. The molecule has 2 aromatic rings. The highest BCUT2D eigenvalue weighted by molar-refractivity contribution is 14.1. The average molecular weight is 443 g/mol. The molecule has 0 aliphatic heterocycles. The zero-order chi connectivity index (χ0) is 17.7. The first-order chi connectivity index (χ1) is 11.4. The number of anilines is 1.